The van der Waals surface area contributed by atoms with Gasteiger partial charge in [0.05, 0.1) is 0 Å². The number of likely N-dealkylation sites (tertiary alicyclic amines) is 1. The maximum atomic E-state index is 13.5. The van der Waals surface area contributed by atoms with Gasteiger partial charge in [-0.2, -0.15) is 0 Å². The second kappa shape index (κ2) is 7.54. The molecule has 1 aromatic carbocycles. The second-order valence-corrected chi connectivity index (χ2v) is 6.95. The van der Waals surface area contributed by atoms with E-state index in [2.05, 4.69) is 16.9 Å². The molecule has 2 heterocycles. The van der Waals surface area contributed by atoms with E-state index in [4.69, 9.17) is 5.11 Å². The average Bonchev–Trinajstić information content (AvgIpc) is 3.03. The maximum Gasteiger partial charge on any atom is 0.270 e. The topological polar surface area (TPSA) is 59.6 Å². The van der Waals surface area contributed by atoms with E-state index in [1.165, 1.54) is 12.1 Å². The molecule has 1 fully saturated rings. The molecule has 1 aliphatic rings. The SMILES string of the molecule is Cc1cc(F)cc2[nH]c(C(=O)N3CCC(N(C)CCCO)CC3)cc12. The number of fused-ring (bicyclic) bond motifs is 1. The van der Waals surface area contributed by atoms with Crippen LogP contribution in [0.1, 0.15) is 35.3 Å². The molecule has 0 saturated carbocycles. The Kier molecular flexibility index (Phi) is 5.39. The number of aromatic amines is 1. The minimum atomic E-state index is -0.294. The lowest BCUT2D eigenvalue weighted by atomic mass is 10.0. The molecule has 25 heavy (non-hydrogen) atoms. The monoisotopic (exact) mass is 347 g/mol. The third-order valence-corrected chi connectivity index (χ3v) is 5.18. The zero-order valence-corrected chi connectivity index (χ0v) is 14.9. The van der Waals surface area contributed by atoms with E-state index in [0.717, 1.165) is 49.8 Å². The van der Waals surface area contributed by atoms with Crippen LogP contribution in [-0.4, -0.2) is 65.1 Å². The number of hydrogen-bond donors (Lipinski definition) is 2. The number of aliphatic hydroxyl groups excluding tert-OH is 1. The predicted molar refractivity (Wildman–Crippen MR) is 96.3 cm³/mol. The van der Waals surface area contributed by atoms with Crippen molar-refractivity contribution in [2.75, 3.05) is 33.3 Å². The van der Waals surface area contributed by atoms with Gasteiger partial charge >= 0.3 is 0 Å². The number of nitrogens with one attached hydrogen (secondary N) is 1. The van der Waals surface area contributed by atoms with E-state index in [1.54, 1.807) is 0 Å². The summed E-state index contributed by atoms with van der Waals surface area (Å²) in [6.07, 6.45) is 2.64. The molecule has 1 aliphatic heterocycles. The van der Waals surface area contributed by atoms with Crippen molar-refractivity contribution < 1.29 is 14.3 Å². The number of amides is 1. The van der Waals surface area contributed by atoms with E-state index in [-0.39, 0.29) is 18.3 Å². The number of benzene rings is 1. The third-order valence-electron chi connectivity index (χ3n) is 5.18. The normalized spacial score (nSPS) is 16.1. The summed E-state index contributed by atoms with van der Waals surface area (Å²) in [6, 6.07) is 5.19. The lowest BCUT2D eigenvalue weighted by Gasteiger charge is -2.36. The van der Waals surface area contributed by atoms with Crippen molar-refractivity contribution in [3.8, 4) is 0 Å². The first-order valence-electron chi connectivity index (χ1n) is 8.89. The van der Waals surface area contributed by atoms with Gasteiger partial charge in [-0.15, -0.1) is 0 Å². The number of carbonyl (C=O) groups excluding carboxylic acids is 1. The number of carbonyl (C=O) groups is 1. The van der Waals surface area contributed by atoms with Gasteiger partial charge in [-0.3, -0.25) is 4.79 Å². The standard InChI is InChI=1S/C19H26FN3O2/c1-13-10-14(20)11-17-16(13)12-18(21-17)19(25)23-7-4-15(5-8-23)22(2)6-3-9-24/h10-12,15,21,24H,3-9H2,1-2H3. The number of H-pyrrole nitrogens is 1. The Morgan fingerprint density at radius 1 is 1.36 bits per heavy atom. The van der Waals surface area contributed by atoms with Gasteiger partial charge in [-0.1, -0.05) is 0 Å². The Morgan fingerprint density at radius 2 is 2.08 bits per heavy atom. The summed E-state index contributed by atoms with van der Waals surface area (Å²) in [5.41, 5.74) is 2.02. The molecule has 0 spiro atoms. The molecular formula is C19H26FN3O2. The Labute approximate surface area is 147 Å². The highest BCUT2D eigenvalue weighted by Gasteiger charge is 2.26. The van der Waals surface area contributed by atoms with Crippen LogP contribution >= 0.6 is 0 Å². The van der Waals surface area contributed by atoms with Gasteiger partial charge in [0.25, 0.3) is 5.91 Å². The van der Waals surface area contributed by atoms with Gasteiger partial charge in [0, 0.05) is 43.2 Å². The van der Waals surface area contributed by atoms with Crippen LogP contribution in [0.3, 0.4) is 0 Å². The highest BCUT2D eigenvalue weighted by molar-refractivity contribution is 5.98. The summed E-state index contributed by atoms with van der Waals surface area (Å²) in [7, 11) is 2.08. The van der Waals surface area contributed by atoms with Gasteiger partial charge in [-0.25, -0.2) is 4.39 Å². The molecule has 136 valence electrons. The maximum absolute atomic E-state index is 13.5. The highest BCUT2D eigenvalue weighted by atomic mass is 19.1. The van der Waals surface area contributed by atoms with Crippen molar-refractivity contribution in [1.29, 1.82) is 0 Å². The van der Waals surface area contributed by atoms with Gasteiger partial charge in [-0.05, 0) is 57.0 Å². The fraction of sp³-hybridized carbons (Fsp3) is 0.526. The molecule has 6 heteroatoms. The summed E-state index contributed by atoms with van der Waals surface area (Å²) >= 11 is 0. The number of nitrogens with zero attached hydrogens (tertiary/aromatic N) is 2. The lowest BCUT2D eigenvalue weighted by Crippen LogP contribution is -2.45. The number of aromatic nitrogens is 1. The van der Waals surface area contributed by atoms with Crippen LogP contribution in [0.25, 0.3) is 10.9 Å². The van der Waals surface area contributed by atoms with Crippen molar-refractivity contribution in [3.05, 3.63) is 35.3 Å². The summed E-state index contributed by atoms with van der Waals surface area (Å²) in [5, 5.41) is 9.84. The molecule has 0 atom stereocenters. The molecule has 5 nitrogen and oxygen atoms in total. The van der Waals surface area contributed by atoms with Crippen LogP contribution in [0.2, 0.25) is 0 Å². The number of aryl methyl sites for hydroxylation is 1. The van der Waals surface area contributed by atoms with E-state index in [0.29, 0.717) is 17.3 Å². The van der Waals surface area contributed by atoms with E-state index in [1.807, 2.05) is 17.9 Å². The van der Waals surface area contributed by atoms with E-state index in [9.17, 15) is 9.18 Å². The Bertz CT molecular complexity index is 750. The van der Waals surface area contributed by atoms with Gasteiger partial charge < -0.3 is 19.9 Å². The first-order valence-corrected chi connectivity index (χ1v) is 8.89. The zero-order chi connectivity index (χ0) is 18.0. The largest absolute Gasteiger partial charge is 0.396 e. The molecule has 2 N–H and O–H groups in total. The van der Waals surface area contributed by atoms with Crippen molar-refractivity contribution >= 4 is 16.8 Å². The van der Waals surface area contributed by atoms with E-state index < -0.39 is 0 Å². The Hall–Kier alpha value is -1.92. The summed E-state index contributed by atoms with van der Waals surface area (Å²) in [6.45, 7) is 4.37. The Balaban J connectivity index is 1.66. The molecule has 0 radical (unpaired) electrons. The molecule has 0 bridgehead atoms. The van der Waals surface area contributed by atoms with Crippen molar-refractivity contribution in [1.82, 2.24) is 14.8 Å². The molecule has 1 saturated heterocycles. The third kappa shape index (κ3) is 3.85. The summed E-state index contributed by atoms with van der Waals surface area (Å²) < 4.78 is 13.5. The molecule has 2 aromatic rings. The second-order valence-electron chi connectivity index (χ2n) is 6.95. The molecular weight excluding hydrogens is 321 g/mol. The number of halogens is 1. The fourth-order valence-corrected chi connectivity index (χ4v) is 3.67. The van der Waals surface area contributed by atoms with Gasteiger partial charge in [0.2, 0.25) is 0 Å². The smallest absolute Gasteiger partial charge is 0.270 e. The number of hydrogen-bond acceptors (Lipinski definition) is 3. The molecule has 0 unspecified atom stereocenters. The number of piperidine rings is 1. The highest BCUT2D eigenvalue weighted by Crippen LogP contribution is 2.23. The van der Waals surface area contributed by atoms with E-state index >= 15 is 0 Å². The van der Waals surface area contributed by atoms with Gasteiger partial charge in [0.15, 0.2) is 0 Å². The predicted octanol–water partition coefficient (Wildman–Crippen LogP) is 2.53. The summed E-state index contributed by atoms with van der Waals surface area (Å²) in [4.78, 5) is 20.0. The van der Waals surface area contributed by atoms with Crippen LogP contribution in [-0.2, 0) is 0 Å². The van der Waals surface area contributed by atoms with Crippen LogP contribution in [0.15, 0.2) is 18.2 Å². The van der Waals surface area contributed by atoms with Crippen LogP contribution < -0.4 is 0 Å². The number of rotatable bonds is 5. The molecule has 3 rings (SSSR count). The molecule has 1 aromatic heterocycles. The fourth-order valence-electron chi connectivity index (χ4n) is 3.67. The van der Waals surface area contributed by atoms with Crippen LogP contribution in [0.5, 0.6) is 0 Å². The van der Waals surface area contributed by atoms with Crippen molar-refractivity contribution in [2.45, 2.75) is 32.2 Å². The summed E-state index contributed by atoms with van der Waals surface area (Å²) in [5.74, 6) is -0.315. The molecule has 1 amide bonds. The van der Waals surface area contributed by atoms with Crippen molar-refractivity contribution in [2.24, 2.45) is 0 Å². The molecule has 0 aliphatic carbocycles. The van der Waals surface area contributed by atoms with Crippen molar-refractivity contribution in [3.63, 3.8) is 0 Å². The minimum Gasteiger partial charge on any atom is -0.396 e. The average molecular weight is 347 g/mol. The van der Waals surface area contributed by atoms with Crippen LogP contribution in [0, 0.1) is 12.7 Å². The quantitative estimate of drug-likeness (QED) is 0.874. The Morgan fingerprint density at radius 3 is 2.76 bits per heavy atom. The first-order chi connectivity index (χ1) is 12.0. The number of aliphatic hydroxyl groups is 1. The minimum absolute atomic E-state index is 0.0209. The lowest BCUT2D eigenvalue weighted by molar-refractivity contribution is 0.0636. The zero-order valence-electron chi connectivity index (χ0n) is 14.9. The van der Waals surface area contributed by atoms with Gasteiger partial charge in [0.1, 0.15) is 11.5 Å². The van der Waals surface area contributed by atoms with Crippen LogP contribution in [0.4, 0.5) is 4.39 Å². The first kappa shape index (κ1) is 17.9.